The van der Waals surface area contributed by atoms with Gasteiger partial charge in [-0.3, -0.25) is 4.79 Å². The molecule has 0 N–H and O–H groups in total. The van der Waals surface area contributed by atoms with Crippen LogP contribution in [0.1, 0.15) is 25.7 Å². The number of anilines is 1. The highest BCUT2D eigenvalue weighted by Gasteiger charge is 2.24. The smallest absolute Gasteiger partial charge is 0.265 e. The molecule has 0 unspecified atom stereocenters. The van der Waals surface area contributed by atoms with Crippen LogP contribution in [-0.4, -0.2) is 24.9 Å². The number of amides is 1. The number of nitrogens with zero attached hydrogens (tertiary/aromatic N) is 1. The lowest BCUT2D eigenvalue weighted by Crippen LogP contribution is -2.39. The number of alkyl halides is 1. The number of fused-ring (bicyclic) bond motifs is 1. The van der Waals surface area contributed by atoms with E-state index in [0.29, 0.717) is 5.88 Å². The molecule has 0 saturated carbocycles. The zero-order valence-corrected chi connectivity index (χ0v) is 13.0. The summed E-state index contributed by atoms with van der Waals surface area (Å²) in [7, 11) is 0. The summed E-state index contributed by atoms with van der Waals surface area (Å²) in [5.41, 5.74) is 0.864. The number of ether oxygens (including phenoxy) is 1. The molecular formula is C14H17BrClNO2. The highest BCUT2D eigenvalue weighted by atomic mass is 79.9. The zero-order chi connectivity index (χ0) is 13.7. The Bertz CT molecular complexity index is 453. The van der Waals surface area contributed by atoms with E-state index in [9.17, 15) is 4.79 Å². The monoisotopic (exact) mass is 345 g/mol. The Kier molecular flexibility index (Phi) is 5.52. The first kappa shape index (κ1) is 14.7. The van der Waals surface area contributed by atoms with Crippen molar-refractivity contribution in [2.45, 2.75) is 25.7 Å². The number of carbonyl (C=O) groups excluding carboxylic acids is 1. The SMILES string of the molecule is O=C1COc2ccc(Br)cc2N1CCCCCCCl. The molecule has 104 valence electrons. The van der Waals surface area contributed by atoms with Gasteiger partial charge < -0.3 is 9.64 Å². The number of benzene rings is 1. The minimum absolute atomic E-state index is 0.0305. The number of halogens is 2. The van der Waals surface area contributed by atoms with Crippen LogP contribution in [0.2, 0.25) is 0 Å². The molecule has 0 aromatic heterocycles. The third-order valence-corrected chi connectivity index (χ3v) is 3.89. The summed E-state index contributed by atoms with van der Waals surface area (Å²) in [5, 5.41) is 0. The van der Waals surface area contributed by atoms with Gasteiger partial charge in [0.15, 0.2) is 6.61 Å². The molecule has 19 heavy (non-hydrogen) atoms. The second-order valence-corrected chi connectivity index (χ2v) is 5.84. The molecular weight excluding hydrogens is 330 g/mol. The molecule has 5 heteroatoms. The standard InChI is InChI=1S/C14H17BrClNO2/c15-11-5-6-13-12(9-11)17(14(18)10-19-13)8-4-2-1-3-7-16/h5-6,9H,1-4,7-8,10H2. The summed E-state index contributed by atoms with van der Waals surface area (Å²) >= 11 is 9.08. The Morgan fingerprint density at radius 3 is 2.84 bits per heavy atom. The van der Waals surface area contributed by atoms with E-state index in [-0.39, 0.29) is 12.5 Å². The Labute approximate surface area is 127 Å². The number of carbonyl (C=O) groups is 1. The Morgan fingerprint density at radius 1 is 1.26 bits per heavy atom. The topological polar surface area (TPSA) is 29.5 Å². The van der Waals surface area contributed by atoms with Gasteiger partial charge in [-0.05, 0) is 31.0 Å². The lowest BCUT2D eigenvalue weighted by atomic mass is 10.1. The third kappa shape index (κ3) is 3.86. The molecule has 0 bridgehead atoms. The van der Waals surface area contributed by atoms with E-state index in [1.807, 2.05) is 23.1 Å². The van der Waals surface area contributed by atoms with Gasteiger partial charge in [0.1, 0.15) is 5.75 Å². The van der Waals surface area contributed by atoms with Crippen molar-refractivity contribution in [1.82, 2.24) is 0 Å². The van der Waals surface area contributed by atoms with Crippen LogP contribution < -0.4 is 9.64 Å². The molecule has 0 saturated heterocycles. The molecule has 1 aliphatic heterocycles. The fraction of sp³-hybridized carbons (Fsp3) is 0.500. The predicted molar refractivity (Wildman–Crippen MR) is 81.2 cm³/mol. The Hall–Kier alpha value is -0.740. The van der Waals surface area contributed by atoms with Crippen LogP contribution in [0.5, 0.6) is 5.75 Å². The molecule has 0 atom stereocenters. The van der Waals surface area contributed by atoms with Gasteiger partial charge in [-0.2, -0.15) is 0 Å². The number of unbranched alkanes of at least 4 members (excludes halogenated alkanes) is 3. The maximum atomic E-state index is 12.0. The van der Waals surface area contributed by atoms with Gasteiger partial charge >= 0.3 is 0 Å². The summed E-state index contributed by atoms with van der Waals surface area (Å²) in [6, 6.07) is 5.75. The molecule has 1 aliphatic rings. The first-order chi connectivity index (χ1) is 9.22. The summed E-state index contributed by atoms with van der Waals surface area (Å²) in [5.74, 6) is 1.53. The Morgan fingerprint density at radius 2 is 2.05 bits per heavy atom. The van der Waals surface area contributed by atoms with Crippen LogP contribution in [0.4, 0.5) is 5.69 Å². The fourth-order valence-corrected chi connectivity index (χ4v) is 2.68. The van der Waals surface area contributed by atoms with Crippen molar-refractivity contribution in [3.8, 4) is 5.75 Å². The van der Waals surface area contributed by atoms with E-state index in [4.69, 9.17) is 16.3 Å². The summed E-state index contributed by atoms with van der Waals surface area (Å²) in [6.45, 7) is 0.879. The van der Waals surface area contributed by atoms with E-state index in [0.717, 1.165) is 48.1 Å². The van der Waals surface area contributed by atoms with E-state index in [1.54, 1.807) is 0 Å². The summed E-state index contributed by atoms with van der Waals surface area (Å²) in [4.78, 5) is 13.8. The van der Waals surface area contributed by atoms with E-state index < -0.39 is 0 Å². The van der Waals surface area contributed by atoms with E-state index >= 15 is 0 Å². The molecule has 3 nitrogen and oxygen atoms in total. The van der Waals surface area contributed by atoms with Crippen molar-refractivity contribution in [3.63, 3.8) is 0 Å². The maximum Gasteiger partial charge on any atom is 0.265 e. The van der Waals surface area contributed by atoms with E-state index in [1.165, 1.54) is 0 Å². The van der Waals surface area contributed by atoms with Crippen LogP contribution in [0.15, 0.2) is 22.7 Å². The average Bonchev–Trinajstić information content (AvgIpc) is 2.40. The molecule has 1 aromatic carbocycles. The van der Waals surface area contributed by atoms with Crippen molar-refractivity contribution >= 4 is 39.1 Å². The van der Waals surface area contributed by atoms with Crippen LogP contribution in [-0.2, 0) is 4.79 Å². The molecule has 0 radical (unpaired) electrons. The van der Waals surface area contributed by atoms with E-state index in [2.05, 4.69) is 15.9 Å². The minimum Gasteiger partial charge on any atom is -0.482 e. The Balaban J connectivity index is 1.99. The predicted octanol–water partition coefficient (Wildman–Crippen LogP) is 3.97. The normalized spacial score (nSPS) is 14.2. The molecule has 1 heterocycles. The minimum atomic E-state index is 0.0305. The van der Waals surface area contributed by atoms with Crippen LogP contribution in [0.25, 0.3) is 0 Å². The number of hydrogen-bond acceptors (Lipinski definition) is 2. The number of hydrogen-bond donors (Lipinski definition) is 0. The van der Waals surface area contributed by atoms with Gasteiger partial charge in [0.05, 0.1) is 5.69 Å². The van der Waals surface area contributed by atoms with Crippen molar-refractivity contribution in [2.24, 2.45) is 0 Å². The third-order valence-electron chi connectivity index (χ3n) is 3.13. The highest BCUT2D eigenvalue weighted by Crippen LogP contribution is 2.34. The lowest BCUT2D eigenvalue weighted by molar-refractivity contribution is -0.121. The molecule has 0 spiro atoms. The molecule has 1 amide bonds. The van der Waals surface area contributed by atoms with Crippen molar-refractivity contribution < 1.29 is 9.53 Å². The largest absolute Gasteiger partial charge is 0.482 e. The van der Waals surface area contributed by atoms with Crippen LogP contribution in [0.3, 0.4) is 0 Å². The van der Waals surface area contributed by atoms with Gasteiger partial charge in [0.2, 0.25) is 0 Å². The fourth-order valence-electron chi connectivity index (χ4n) is 2.14. The second kappa shape index (κ2) is 7.15. The second-order valence-electron chi connectivity index (χ2n) is 4.55. The van der Waals surface area contributed by atoms with Crippen molar-refractivity contribution in [3.05, 3.63) is 22.7 Å². The van der Waals surface area contributed by atoms with Crippen molar-refractivity contribution in [1.29, 1.82) is 0 Å². The zero-order valence-electron chi connectivity index (χ0n) is 10.7. The van der Waals surface area contributed by atoms with Crippen LogP contribution >= 0.6 is 27.5 Å². The summed E-state index contributed by atoms with van der Waals surface area (Å²) < 4.78 is 6.39. The molecule has 0 fully saturated rings. The van der Waals surface area contributed by atoms with Gasteiger partial charge in [-0.1, -0.05) is 28.8 Å². The van der Waals surface area contributed by atoms with Gasteiger partial charge in [-0.15, -0.1) is 11.6 Å². The van der Waals surface area contributed by atoms with Crippen LogP contribution in [0, 0.1) is 0 Å². The maximum absolute atomic E-state index is 12.0. The quantitative estimate of drug-likeness (QED) is 0.576. The van der Waals surface area contributed by atoms with Gasteiger partial charge in [0.25, 0.3) is 5.91 Å². The van der Waals surface area contributed by atoms with Gasteiger partial charge in [-0.25, -0.2) is 0 Å². The molecule has 1 aromatic rings. The molecule has 2 rings (SSSR count). The highest BCUT2D eigenvalue weighted by molar-refractivity contribution is 9.10. The molecule has 0 aliphatic carbocycles. The van der Waals surface area contributed by atoms with Crippen molar-refractivity contribution in [2.75, 3.05) is 23.9 Å². The van der Waals surface area contributed by atoms with Gasteiger partial charge in [0, 0.05) is 16.9 Å². The average molecular weight is 347 g/mol. The number of rotatable bonds is 6. The summed E-state index contributed by atoms with van der Waals surface area (Å²) in [6.07, 6.45) is 4.25. The first-order valence-corrected chi connectivity index (χ1v) is 7.84. The first-order valence-electron chi connectivity index (χ1n) is 6.51. The lowest BCUT2D eigenvalue weighted by Gasteiger charge is -2.29.